The van der Waals surface area contributed by atoms with Crippen molar-refractivity contribution in [3.05, 3.63) is 48.0 Å². The largest absolute Gasteiger partial charge is 0.391 e. The Labute approximate surface area is 110 Å². The summed E-state index contributed by atoms with van der Waals surface area (Å²) in [5.74, 6) is 0. The molecule has 98 valence electrons. The van der Waals surface area contributed by atoms with Gasteiger partial charge < -0.3 is 10.4 Å². The minimum atomic E-state index is -0.235. The van der Waals surface area contributed by atoms with Crippen LogP contribution in [0.15, 0.2) is 42.5 Å². The molecule has 0 radical (unpaired) electrons. The fourth-order valence-corrected chi connectivity index (χ4v) is 2.53. The summed E-state index contributed by atoms with van der Waals surface area (Å²) in [6.07, 6.45) is 8.08. The summed E-state index contributed by atoms with van der Waals surface area (Å²) in [5, 5.41) is 13.7. The third kappa shape index (κ3) is 3.69. The van der Waals surface area contributed by atoms with E-state index in [1.165, 1.54) is 5.56 Å². The minimum absolute atomic E-state index is 0.199. The van der Waals surface area contributed by atoms with Crippen LogP contribution in [0.25, 0.3) is 0 Å². The number of benzene rings is 1. The second kappa shape index (κ2) is 6.72. The smallest absolute Gasteiger partial charge is 0.0696 e. The Kier molecular flexibility index (Phi) is 4.97. The van der Waals surface area contributed by atoms with E-state index in [0.717, 1.165) is 25.7 Å². The van der Waals surface area contributed by atoms with E-state index < -0.39 is 0 Å². The number of rotatable bonds is 3. The fourth-order valence-electron chi connectivity index (χ4n) is 2.53. The van der Waals surface area contributed by atoms with Gasteiger partial charge in [0.2, 0.25) is 0 Å². The highest BCUT2D eigenvalue weighted by Gasteiger charge is 2.21. The molecule has 2 heteroatoms. The maximum atomic E-state index is 10.2. The summed E-state index contributed by atoms with van der Waals surface area (Å²) < 4.78 is 0. The molecule has 0 aliphatic heterocycles. The highest BCUT2D eigenvalue weighted by atomic mass is 16.3. The van der Waals surface area contributed by atoms with Crippen molar-refractivity contribution in [3.63, 3.8) is 0 Å². The van der Waals surface area contributed by atoms with Gasteiger partial charge in [-0.2, -0.15) is 0 Å². The first kappa shape index (κ1) is 13.3. The van der Waals surface area contributed by atoms with E-state index in [4.69, 9.17) is 0 Å². The lowest BCUT2D eigenvalue weighted by Gasteiger charge is -2.28. The number of hydrogen-bond acceptors (Lipinski definition) is 2. The molecule has 2 nitrogen and oxygen atoms in total. The quantitative estimate of drug-likeness (QED) is 0.802. The second-order valence-electron chi connectivity index (χ2n) is 5.10. The predicted molar refractivity (Wildman–Crippen MR) is 75.4 cm³/mol. The third-order valence-corrected chi connectivity index (χ3v) is 3.67. The van der Waals surface area contributed by atoms with E-state index in [1.807, 2.05) is 6.07 Å². The van der Waals surface area contributed by atoms with Crippen LogP contribution >= 0.6 is 0 Å². The van der Waals surface area contributed by atoms with Crippen molar-refractivity contribution in [1.82, 2.24) is 5.32 Å². The van der Waals surface area contributed by atoms with Crippen LogP contribution in [0.2, 0.25) is 0 Å². The van der Waals surface area contributed by atoms with Crippen molar-refractivity contribution < 1.29 is 5.11 Å². The van der Waals surface area contributed by atoms with Crippen molar-refractivity contribution >= 4 is 0 Å². The SMILES string of the molecule is C[C@@H](N[C@@H]1CC/C=C/CC[C@H]1O)c1ccccc1. The molecule has 1 aliphatic carbocycles. The molecule has 18 heavy (non-hydrogen) atoms. The highest BCUT2D eigenvalue weighted by Crippen LogP contribution is 2.18. The van der Waals surface area contributed by atoms with Crippen LogP contribution in [0.4, 0.5) is 0 Å². The van der Waals surface area contributed by atoms with Gasteiger partial charge in [0.25, 0.3) is 0 Å². The van der Waals surface area contributed by atoms with Crippen LogP contribution in [0, 0.1) is 0 Å². The van der Waals surface area contributed by atoms with Gasteiger partial charge in [0.1, 0.15) is 0 Å². The van der Waals surface area contributed by atoms with Crippen molar-refractivity contribution in [2.75, 3.05) is 0 Å². The van der Waals surface area contributed by atoms with Crippen LogP contribution in [0.5, 0.6) is 0 Å². The molecular weight excluding hydrogens is 222 g/mol. The monoisotopic (exact) mass is 245 g/mol. The Hall–Kier alpha value is -1.12. The van der Waals surface area contributed by atoms with Gasteiger partial charge in [-0.15, -0.1) is 0 Å². The van der Waals surface area contributed by atoms with E-state index in [0.29, 0.717) is 0 Å². The molecule has 0 aromatic heterocycles. The van der Waals surface area contributed by atoms with E-state index in [2.05, 4.69) is 48.7 Å². The van der Waals surface area contributed by atoms with Gasteiger partial charge in [0.15, 0.2) is 0 Å². The van der Waals surface area contributed by atoms with Crippen LogP contribution < -0.4 is 5.32 Å². The number of aliphatic hydroxyl groups is 1. The molecule has 0 unspecified atom stereocenters. The molecule has 0 heterocycles. The predicted octanol–water partition coefficient (Wildman–Crippen LogP) is 3.20. The summed E-state index contributed by atoms with van der Waals surface area (Å²) in [4.78, 5) is 0. The van der Waals surface area contributed by atoms with Crippen LogP contribution in [-0.2, 0) is 0 Å². The van der Waals surface area contributed by atoms with Crippen molar-refractivity contribution in [2.45, 2.75) is 50.8 Å². The fraction of sp³-hybridized carbons (Fsp3) is 0.500. The maximum Gasteiger partial charge on any atom is 0.0696 e. The van der Waals surface area contributed by atoms with Gasteiger partial charge in [-0.1, -0.05) is 42.5 Å². The maximum absolute atomic E-state index is 10.2. The molecule has 3 atom stereocenters. The summed E-state index contributed by atoms with van der Waals surface area (Å²) >= 11 is 0. The average molecular weight is 245 g/mol. The summed E-state index contributed by atoms with van der Waals surface area (Å²) in [5.41, 5.74) is 1.28. The second-order valence-corrected chi connectivity index (χ2v) is 5.10. The van der Waals surface area contributed by atoms with Crippen molar-refractivity contribution in [1.29, 1.82) is 0 Å². The summed E-state index contributed by atoms with van der Waals surface area (Å²) in [6.45, 7) is 2.16. The van der Waals surface area contributed by atoms with Gasteiger partial charge in [-0.25, -0.2) is 0 Å². The Bertz CT molecular complexity index is 374. The number of aliphatic hydroxyl groups excluding tert-OH is 1. The van der Waals surface area contributed by atoms with Gasteiger partial charge in [-0.05, 0) is 38.2 Å². The lowest BCUT2D eigenvalue weighted by Crippen LogP contribution is -2.41. The lowest BCUT2D eigenvalue weighted by molar-refractivity contribution is 0.108. The van der Waals surface area contributed by atoms with E-state index in [-0.39, 0.29) is 18.2 Å². The molecule has 0 saturated heterocycles. The average Bonchev–Trinajstić information content (AvgIpc) is 2.39. The van der Waals surface area contributed by atoms with E-state index >= 15 is 0 Å². The summed E-state index contributed by atoms with van der Waals surface area (Å²) in [6, 6.07) is 10.9. The standard InChI is InChI=1S/C16H23NO/c1-13(14-9-5-4-6-10-14)17-15-11-7-2-3-8-12-16(15)18/h2-6,9-10,13,15-18H,7-8,11-12H2,1H3/b3-2+/t13-,15-,16-/m1/s1. The first-order chi connectivity index (χ1) is 8.77. The van der Waals surface area contributed by atoms with E-state index in [9.17, 15) is 5.11 Å². The zero-order valence-corrected chi connectivity index (χ0v) is 11.0. The normalized spacial score (nSPS) is 28.1. The van der Waals surface area contributed by atoms with Crippen molar-refractivity contribution in [2.24, 2.45) is 0 Å². The van der Waals surface area contributed by atoms with Gasteiger partial charge >= 0.3 is 0 Å². The molecule has 1 aliphatic rings. The van der Waals surface area contributed by atoms with Crippen LogP contribution in [0.3, 0.4) is 0 Å². The van der Waals surface area contributed by atoms with Crippen LogP contribution in [0.1, 0.15) is 44.2 Å². The Morgan fingerprint density at radius 2 is 1.78 bits per heavy atom. The first-order valence-corrected chi connectivity index (χ1v) is 6.91. The lowest BCUT2D eigenvalue weighted by atomic mass is 9.96. The number of hydrogen-bond donors (Lipinski definition) is 2. The molecular formula is C16H23NO. The highest BCUT2D eigenvalue weighted by molar-refractivity contribution is 5.18. The number of nitrogens with one attached hydrogen (secondary N) is 1. The molecule has 2 N–H and O–H groups in total. The summed E-state index contributed by atoms with van der Waals surface area (Å²) in [7, 11) is 0. The first-order valence-electron chi connectivity index (χ1n) is 6.91. The molecule has 0 amide bonds. The van der Waals surface area contributed by atoms with Crippen molar-refractivity contribution in [3.8, 4) is 0 Å². The zero-order valence-electron chi connectivity index (χ0n) is 11.0. The molecule has 0 fully saturated rings. The van der Waals surface area contributed by atoms with Gasteiger partial charge in [-0.3, -0.25) is 0 Å². The molecule has 2 rings (SSSR count). The number of allylic oxidation sites excluding steroid dienone is 2. The van der Waals surface area contributed by atoms with Crippen LogP contribution in [-0.4, -0.2) is 17.3 Å². The third-order valence-electron chi connectivity index (χ3n) is 3.67. The van der Waals surface area contributed by atoms with Gasteiger partial charge in [0, 0.05) is 12.1 Å². The Balaban J connectivity index is 1.96. The molecule has 0 bridgehead atoms. The molecule has 0 spiro atoms. The van der Waals surface area contributed by atoms with E-state index in [1.54, 1.807) is 0 Å². The minimum Gasteiger partial charge on any atom is -0.391 e. The zero-order chi connectivity index (χ0) is 12.8. The molecule has 1 aromatic carbocycles. The molecule has 0 saturated carbocycles. The topological polar surface area (TPSA) is 32.3 Å². The molecule has 1 aromatic rings. The Morgan fingerprint density at radius 3 is 2.50 bits per heavy atom. The van der Waals surface area contributed by atoms with Gasteiger partial charge in [0.05, 0.1) is 6.10 Å². The Morgan fingerprint density at radius 1 is 1.11 bits per heavy atom.